The van der Waals surface area contributed by atoms with Gasteiger partial charge in [0.25, 0.3) is 0 Å². The van der Waals surface area contributed by atoms with Crippen LogP contribution in [0.4, 0.5) is 0 Å². The van der Waals surface area contributed by atoms with E-state index in [1.165, 1.54) is 0 Å². The number of hydrogen-bond donors (Lipinski definition) is 0. The van der Waals surface area contributed by atoms with Crippen molar-refractivity contribution in [2.45, 2.75) is 13.8 Å². The highest BCUT2D eigenvalue weighted by Gasteiger charge is 1.85. The van der Waals surface area contributed by atoms with Crippen LogP contribution in [-0.4, -0.2) is 0 Å². The van der Waals surface area contributed by atoms with E-state index in [9.17, 15) is 0 Å². The van der Waals surface area contributed by atoms with Gasteiger partial charge in [0.2, 0.25) is 0 Å². The number of hydrogen-bond acceptors (Lipinski definition) is 1. The molecule has 0 amide bonds. The minimum Gasteiger partial charge on any atom is -0.192 e. The average Bonchev–Trinajstić information content (AvgIpc) is 1.65. The monoisotopic (exact) mass is 159 g/mol. The molecule has 0 bridgehead atoms. The van der Waals surface area contributed by atoms with Gasteiger partial charge in [-0.1, -0.05) is 5.57 Å². The number of halogens is 1. The highest BCUT2D eigenvalue weighted by molar-refractivity contribution is 9.12. The van der Waals surface area contributed by atoms with Gasteiger partial charge in [0.1, 0.15) is 6.07 Å². The fourth-order valence-corrected chi connectivity index (χ4v) is 0.112. The van der Waals surface area contributed by atoms with Gasteiger partial charge in [-0.15, -0.1) is 0 Å². The molecule has 0 aromatic carbocycles. The quantitative estimate of drug-likeness (QED) is 0.498. The van der Waals surface area contributed by atoms with Gasteiger partial charge >= 0.3 is 0 Å². The molecule has 0 saturated heterocycles. The van der Waals surface area contributed by atoms with Crippen LogP contribution in [0, 0.1) is 11.3 Å². The number of nitriles is 1. The van der Waals surface area contributed by atoms with E-state index in [4.69, 9.17) is 5.26 Å². The van der Waals surface area contributed by atoms with Crippen molar-refractivity contribution in [2.75, 3.05) is 0 Å². The predicted octanol–water partition coefficient (Wildman–Crippen LogP) is 2.20. The molecule has 1 nitrogen and oxygen atoms in total. The third kappa shape index (κ3) is 2.41. The molecule has 0 aromatic heterocycles. The molecule has 0 aromatic rings. The number of allylic oxidation sites excluding steroid dienone is 2. The van der Waals surface area contributed by atoms with Crippen LogP contribution in [0.1, 0.15) is 13.8 Å². The fourth-order valence-electron chi connectivity index (χ4n) is 0.112. The molecule has 0 aliphatic heterocycles. The summed E-state index contributed by atoms with van der Waals surface area (Å²) in [6.07, 6.45) is 0. The summed E-state index contributed by atoms with van der Waals surface area (Å²) in [6.45, 7) is 3.76. The van der Waals surface area contributed by atoms with E-state index in [2.05, 4.69) is 15.9 Å². The predicted molar refractivity (Wildman–Crippen MR) is 32.9 cm³/mol. The van der Waals surface area contributed by atoms with Crippen molar-refractivity contribution in [3.63, 3.8) is 0 Å². The smallest absolute Gasteiger partial charge is 0.107 e. The van der Waals surface area contributed by atoms with Gasteiger partial charge in [-0.25, -0.2) is 0 Å². The molecule has 0 radical (unpaired) electrons. The molecule has 0 saturated carbocycles. The molecule has 7 heavy (non-hydrogen) atoms. The number of nitrogens with zero attached hydrogens (tertiary/aromatic N) is 1. The van der Waals surface area contributed by atoms with E-state index >= 15 is 0 Å². The highest BCUT2D eigenvalue weighted by Crippen LogP contribution is 2.07. The summed E-state index contributed by atoms with van der Waals surface area (Å²) in [4.78, 5) is 0. The molecule has 0 atom stereocenters. The van der Waals surface area contributed by atoms with Gasteiger partial charge in [-0.3, -0.25) is 0 Å². The van der Waals surface area contributed by atoms with Gasteiger partial charge in [0.05, 0.1) is 4.48 Å². The first-order chi connectivity index (χ1) is 3.18. The van der Waals surface area contributed by atoms with E-state index in [-0.39, 0.29) is 0 Å². The Bertz CT molecular complexity index is 126. The molecule has 0 spiro atoms. The summed E-state index contributed by atoms with van der Waals surface area (Å²) >= 11 is 3.06. The topological polar surface area (TPSA) is 23.8 Å². The van der Waals surface area contributed by atoms with E-state index in [1.807, 2.05) is 19.9 Å². The Kier molecular flexibility index (Phi) is 2.70. The van der Waals surface area contributed by atoms with E-state index in [1.54, 1.807) is 0 Å². The maximum atomic E-state index is 8.15. The van der Waals surface area contributed by atoms with Crippen molar-refractivity contribution in [2.24, 2.45) is 0 Å². The van der Waals surface area contributed by atoms with Crippen molar-refractivity contribution in [3.05, 3.63) is 10.1 Å². The standard InChI is InChI=1S/C5H6BrN/c1-4(2)5(6)3-7/h1-2H3. The Morgan fingerprint density at radius 2 is 2.00 bits per heavy atom. The average molecular weight is 160 g/mol. The molecule has 0 rings (SSSR count). The fraction of sp³-hybridized carbons (Fsp3) is 0.400. The van der Waals surface area contributed by atoms with Crippen molar-refractivity contribution >= 4 is 15.9 Å². The largest absolute Gasteiger partial charge is 0.192 e. The Labute approximate surface area is 51.8 Å². The molecule has 0 aliphatic carbocycles. The van der Waals surface area contributed by atoms with Crippen LogP contribution < -0.4 is 0 Å². The Hall–Kier alpha value is -0.290. The normalized spacial score (nSPS) is 7.14. The summed E-state index contributed by atoms with van der Waals surface area (Å²) in [5.74, 6) is 0. The first-order valence-electron chi connectivity index (χ1n) is 1.91. The Morgan fingerprint density at radius 3 is 2.00 bits per heavy atom. The molecular formula is C5H6BrN. The molecule has 0 N–H and O–H groups in total. The van der Waals surface area contributed by atoms with Gasteiger partial charge in [0.15, 0.2) is 0 Å². The Balaban J connectivity index is 4.07. The lowest BCUT2D eigenvalue weighted by atomic mass is 10.3. The Morgan fingerprint density at radius 1 is 1.57 bits per heavy atom. The molecular weight excluding hydrogens is 154 g/mol. The second kappa shape index (κ2) is 2.81. The highest BCUT2D eigenvalue weighted by atomic mass is 79.9. The first kappa shape index (κ1) is 6.71. The maximum absolute atomic E-state index is 8.15. The van der Waals surface area contributed by atoms with Gasteiger partial charge < -0.3 is 0 Å². The lowest BCUT2D eigenvalue weighted by Gasteiger charge is -1.82. The van der Waals surface area contributed by atoms with Crippen LogP contribution in [-0.2, 0) is 0 Å². The summed E-state index contributed by atoms with van der Waals surface area (Å²) in [5, 5.41) is 8.15. The summed E-state index contributed by atoms with van der Waals surface area (Å²) in [6, 6.07) is 1.96. The zero-order chi connectivity index (χ0) is 5.86. The number of rotatable bonds is 0. The summed E-state index contributed by atoms with van der Waals surface area (Å²) < 4.78 is 0.632. The second-order valence-corrected chi connectivity index (χ2v) is 2.22. The van der Waals surface area contributed by atoms with Crippen LogP contribution in [0.5, 0.6) is 0 Å². The van der Waals surface area contributed by atoms with Crippen LogP contribution >= 0.6 is 15.9 Å². The first-order valence-corrected chi connectivity index (χ1v) is 2.71. The van der Waals surface area contributed by atoms with Gasteiger partial charge in [-0.05, 0) is 29.8 Å². The zero-order valence-corrected chi connectivity index (χ0v) is 5.91. The third-order valence-corrected chi connectivity index (χ3v) is 1.51. The van der Waals surface area contributed by atoms with Crippen LogP contribution in [0.25, 0.3) is 0 Å². The van der Waals surface area contributed by atoms with Gasteiger partial charge in [-0.2, -0.15) is 5.26 Å². The van der Waals surface area contributed by atoms with Crippen molar-refractivity contribution in [3.8, 4) is 6.07 Å². The summed E-state index contributed by atoms with van der Waals surface area (Å²) in [7, 11) is 0. The second-order valence-electron chi connectivity index (χ2n) is 1.43. The van der Waals surface area contributed by atoms with Crippen molar-refractivity contribution in [1.82, 2.24) is 0 Å². The van der Waals surface area contributed by atoms with E-state index < -0.39 is 0 Å². The van der Waals surface area contributed by atoms with E-state index in [0.29, 0.717) is 4.48 Å². The molecule has 0 fully saturated rings. The SMILES string of the molecule is CC(C)=C(Br)C#N. The minimum absolute atomic E-state index is 0.632. The van der Waals surface area contributed by atoms with Gasteiger partial charge in [0, 0.05) is 0 Å². The van der Waals surface area contributed by atoms with Crippen molar-refractivity contribution < 1.29 is 0 Å². The molecule has 38 valence electrons. The van der Waals surface area contributed by atoms with Crippen LogP contribution in [0.15, 0.2) is 10.1 Å². The molecule has 0 unspecified atom stereocenters. The lowest BCUT2D eigenvalue weighted by molar-refractivity contribution is 1.38. The lowest BCUT2D eigenvalue weighted by Crippen LogP contribution is -1.65. The van der Waals surface area contributed by atoms with E-state index in [0.717, 1.165) is 5.57 Å². The molecule has 0 aliphatic rings. The minimum atomic E-state index is 0.632. The third-order valence-electron chi connectivity index (χ3n) is 0.537. The van der Waals surface area contributed by atoms with Crippen LogP contribution in [0.3, 0.4) is 0 Å². The summed E-state index contributed by atoms with van der Waals surface area (Å²) in [5.41, 5.74) is 1.02. The maximum Gasteiger partial charge on any atom is 0.107 e. The van der Waals surface area contributed by atoms with Crippen molar-refractivity contribution in [1.29, 1.82) is 5.26 Å². The zero-order valence-electron chi connectivity index (χ0n) is 4.33. The molecule has 2 heteroatoms. The molecule has 0 heterocycles. The van der Waals surface area contributed by atoms with Crippen LogP contribution in [0.2, 0.25) is 0 Å².